The van der Waals surface area contributed by atoms with Crippen molar-refractivity contribution >= 4 is 17.5 Å². The summed E-state index contributed by atoms with van der Waals surface area (Å²) in [5.41, 5.74) is -0.992. The highest BCUT2D eigenvalue weighted by Gasteiger charge is 2.21. The third kappa shape index (κ3) is 2.92. The molecule has 0 saturated carbocycles. The van der Waals surface area contributed by atoms with Gasteiger partial charge in [-0.3, -0.25) is 10.1 Å². The molecular formula is C10H9N3O4. The van der Waals surface area contributed by atoms with Crippen LogP contribution in [-0.4, -0.2) is 27.0 Å². The molecule has 2 N–H and O–H groups in total. The van der Waals surface area contributed by atoms with Crippen LogP contribution in [0.1, 0.15) is 17.3 Å². The summed E-state index contributed by atoms with van der Waals surface area (Å²) in [4.78, 5) is 24.3. The Bertz CT molecular complexity index is 507. The molecule has 0 aliphatic rings. The number of carbonyl (C=O) groups is 1. The number of hydrogen-bond donors (Lipinski definition) is 2. The van der Waals surface area contributed by atoms with Gasteiger partial charge in [-0.05, 0) is 6.92 Å². The van der Waals surface area contributed by atoms with Crippen LogP contribution in [0, 0.1) is 22.5 Å². The molecule has 1 rings (SSSR count). The highest BCUT2D eigenvalue weighted by atomic mass is 16.6. The Morgan fingerprint density at radius 3 is 2.88 bits per heavy atom. The number of pyridine rings is 1. The molecule has 7 heteroatoms. The van der Waals surface area contributed by atoms with Crippen molar-refractivity contribution in [2.24, 2.45) is 0 Å². The molecule has 0 aliphatic carbocycles. The highest BCUT2D eigenvalue weighted by molar-refractivity contribution is 5.93. The van der Waals surface area contributed by atoms with E-state index in [0.717, 1.165) is 12.3 Å². The molecule has 7 nitrogen and oxygen atoms in total. The van der Waals surface area contributed by atoms with Gasteiger partial charge in [0.1, 0.15) is 17.6 Å². The SMILES string of the molecule is C#CC(C)Nc1cc(C(=O)O)c([N+](=O)[O-])cn1. The first-order valence-electron chi connectivity index (χ1n) is 4.56. The van der Waals surface area contributed by atoms with E-state index in [1.54, 1.807) is 6.92 Å². The summed E-state index contributed by atoms with van der Waals surface area (Å²) in [7, 11) is 0. The number of rotatable bonds is 4. The molecule has 17 heavy (non-hydrogen) atoms. The number of carboxylic acids is 1. The first-order valence-corrected chi connectivity index (χ1v) is 4.56. The maximum absolute atomic E-state index is 10.8. The zero-order valence-electron chi connectivity index (χ0n) is 8.88. The van der Waals surface area contributed by atoms with Crippen molar-refractivity contribution in [3.63, 3.8) is 0 Å². The van der Waals surface area contributed by atoms with Gasteiger partial charge in [0.05, 0.1) is 11.0 Å². The minimum atomic E-state index is -1.39. The van der Waals surface area contributed by atoms with Crippen molar-refractivity contribution in [3.05, 3.63) is 27.9 Å². The molecule has 0 spiro atoms. The number of nitrogens with one attached hydrogen (secondary N) is 1. The van der Waals surface area contributed by atoms with Crippen LogP contribution in [0.3, 0.4) is 0 Å². The molecule has 1 atom stereocenters. The fraction of sp³-hybridized carbons (Fsp3) is 0.200. The summed E-state index contributed by atoms with van der Waals surface area (Å²) in [6, 6.07) is 0.722. The zero-order chi connectivity index (χ0) is 13.0. The fourth-order valence-corrected chi connectivity index (χ4v) is 1.11. The summed E-state index contributed by atoms with van der Waals surface area (Å²) in [5.74, 6) is 1.15. The van der Waals surface area contributed by atoms with Gasteiger partial charge in [0.25, 0.3) is 0 Å². The van der Waals surface area contributed by atoms with Gasteiger partial charge in [0.2, 0.25) is 0 Å². The number of hydrogen-bond acceptors (Lipinski definition) is 5. The van der Waals surface area contributed by atoms with E-state index in [9.17, 15) is 14.9 Å². The number of anilines is 1. The second-order valence-electron chi connectivity index (χ2n) is 3.18. The minimum absolute atomic E-state index is 0.179. The third-order valence-electron chi connectivity index (χ3n) is 1.92. The molecule has 0 fully saturated rings. The third-order valence-corrected chi connectivity index (χ3v) is 1.92. The van der Waals surface area contributed by atoms with Crippen LogP contribution >= 0.6 is 0 Å². The smallest absolute Gasteiger partial charge is 0.342 e. The molecule has 0 amide bonds. The Labute approximate surface area is 96.6 Å². The molecule has 0 saturated heterocycles. The minimum Gasteiger partial charge on any atom is -0.477 e. The number of terminal acetylenes is 1. The van der Waals surface area contributed by atoms with Crippen molar-refractivity contribution in [1.29, 1.82) is 0 Å². The molecular weight excluding hydrogens is 226 g/mol. The number of nitrogens with zero attached hydrogens (tertiary/aromatic N) is 2. The number of aromatic nitrogens is 1. The molecule has 1 aromatic rings. The number of aromatic carboxylic acids is 1. The Kier molecular flexibility index (Phi) is 3.62. The van der Waals surface area contributed by atoms with Crippen molar-refractivity contribution in [3.8, 4) is 12.3 Å². The monoisotopic (exact) mass is 235 g/mol. The quantitative estimate of drug-likeness (QED) is 0.460. The highest BCUT2D eigenvalue weighted by Crippen LogP contribution is 2.20. The van der Waals surface area contributed by atoms with E-state index in [1.165, 1.54) is 0 Å². The first-order chi connectivity index (χ1) is 7.95. The van der Waals surface area contributed by atoms with E-state index < -0.39 is 22.1 Å². The molecule has 1 unspecified atom stereocenters. The van der Waals surface area contributed by atoms with E-state index in [4.69, 9.17) is 11.5 Å². The Morgan fingerprint density at radius 2 is 2.41 bits per heavy atom. The van der Waals surface area contributed by atoms with Crippen LogP contribution in [-0.2, 0) is 0 Å². The standard InChI is InChI=1S/C10H9N3O4/c1-3-6(2)12-9-4-7(10(14)15)8(5-11-9)13(16)17/h1,4-6H,2H3,(H,11,12)(H,14,15). The lowest BCUT2D eigenvalue weighted by atomic mass is 10.2. The van der Waals surface area contributed by atoms with Crippen LogP contribution in [0.2, 0.25) is 0 Å². The number of carboxylic acid groups (broad SMARTS) is 1. The van der Waals surface area contributed by atoms with E-state index in [1.807, 2.05) is 0 Å². The van der Waals surface area contributed by atoms with Crippen LogP contribution in [0.5, 0.6) is 0 Å². The lowest BCUT2D eigenvalue weighted by Gasteiger charge is -2.08. The summed E-state index contributed by atoms with van der Waals surface area (Å²) < 4.78 is 0. The van der Waals surface area contributed by atoms with Crippen LogP contribution in [0.15, 0.2) is 12.3 Å². The maximum Gasteiger partial charge on any atom is 0.342 e. The van der Waals surface area contributed by atoms with Gasteiger partial charge < -0.3 is 10.4 Å². The Balaban J connectivity index is 3.15. The van der Waals surface area contributed by atoms with Gasteiger partial charge in [-0.1, -0.05) is 5.92 Å². The molecule has 0 aromatic carbocycles. The zero-order valence-corrected chi connectivity index (χ0v) is 8.88. The number of nitro groups is 1. The molecule has 1 heterocycles. The fourth-order valence-electron chi connectivity index (χ4n) is 1.11. The normalized spacial score (nSPS) is 11.3. The lowest BCUT2D eigenvalue weighted by Crippen LogP contribution is -2.14. The van der Waals surface area contributed by atoms with E-state index in [-0.39, 0.29) is 11.9 Å². The summed E-state index contributed by atoms with van der Waals surface area (Å²) >= 11 is 0. The largest absolute Gasteiger partial charge is 0.477 e. The van der Waals surface area contributed by atoms with Crippen LogP contribution in [0.25, 0.3) is 0 Å². The van der Waals surface area contributed by atoms with E-state index in [0.29, 0.717) is 0 Å². The van der Waals surface area contributed by atoms with Gasteiger partial charge in [0.15, 0.2) is 0 Å². The molecule has 0 bridgehead atoms. The van der Waals surface area contributed by atoms with Gasteiger partial charge in [0, 0.05) is 6.07 Å². The lowest BCUT2D eigenvalue weighted by molar-refractivity contribution is -0.385. The van der Waals surface area contributed by atoms with Crippen LogP contribution in [0.4, 0.5) is 11.5 Å². The molecule has 88 valence electrons. The van der Waals surface area contributed by atoms with Crippen molar-refractivity contribution in [2.45, 2.75) is 13.0 Å². The average molecular weight is 235 g/mol. The summed E-state index contributed by atoms with van der Waals surface area (Å²) in [6.45, 7) is 1.67. The Morgan fingerprint density at radius 1 is 1.76 bits per heavy atom. The van der Waals surface area contributed by atoms with Crippen molar-refractivity contribution in [1.82, 2.24) is 4.98 Å². The van der Waals surface area contributed by atoms with Crippen molar-refractivity contribution < 1.29 is 14.8 Å². The predicted octanol–water partition coefficient (Wildman–Crippen LogP) is 1.12. The summed E-state index contributed by atoms with van der Waals surface area (Å²) in [5, 5.41) is 22.1. The van der Waals surface area contributed by atoms with Crippen molar-refractivity contribution in [2.75, 3.05) is 5.32 Å². The maximum atomic E-state index is 10.8. The van der Waals surface area contributed by atoms with Gasteiger partial charge >= 0.3 is 11.7 Å². The van der Waals surface area contributed by atoms with Crippen LogP contribution < -0.4 is 5.32 Å². The van der Waals surface area contributed by atoms with E-state index in [2.05, 4.69) is 16.2 Å². The summed E-state index contributed by atoms with van der Waals surface area (Å²) in [6.07, 6.45) is 6.01. The van der Waals surface area contributed by atoms with Gasteiger partial charge in [-0.2, -0.15) is 0 Å². The van der Waals surface area contributed by atoms with E-state index >= 15 is 0 Å². The second kappa shape index (κ2) is 4.94. The molecule has 0 aliphatic heterocycles. The average Bonchev–Trinajstić information content (AvgIpc) is 2.28. The van der Waals surface area contributed by atoms with Gasteiger partial charge in [-0.15, -0.1) is 6.42 Å². The second-order valence-corrected chi connectivity index (χ2v) is 3.18. The topological polar surface area (TPSA) is 105 Å². The molecule has 1 aromatic heterocycles. The molecule has 0 radical (unpaired) electrons. The first kappa shape index (κ1) is 12.4. The van der Waals surface area contributed by atoms with Gasteiger partial charge in [-0.25, -0.2) is 9.78 Å². The predicted molar refractivity (Wildman–Crippen MR) is 59.8 cm³/mol. The Hall–Kier alpha value is -2.62.